The molecule has 0 atom stereocenters. The lowest BCUT2D eigenvalue weighted by Gasteiger charge is -1.94. The number of unbranched alkanes of at least 4 members (excludes halogenated alkanes) is 1. The molecular weight excluding hydrogens is 185 g/mol. The molecule has 0 aliphatic rings. The summed E-state index contributed by atoms with van der Waals surface area (Å²) < 4.78 is 34.3. The molecule has 0 bridgehead atoms. The van der Waals surface area contributed by atoms with E-state index >= 15 is 0 Å². The summed E-state index contributed by atoms with van der Waals surface area (Å²) in [5.41, 5.74) is 0. The summed E-state index contributed by atoms with van der Waals surface area (Å²) in [5, 5.41) is 0. The highest BCUT2D eigenvalue weighted by atomic mass is 32.2. The lowest BCUT2D eigenvalue weighted by molar-refractivity contribution is -0.0697. The van der Waals surface area contributed by atoms with Gasteiger partial charge in [-0.25, -0.2) is 0 Å². The van der Waals surface area contributed by atoms with E-state index in [2.05, 4.69) is 12.8 Å². The number of rotatable bonds is 4. The van der Waals surface area contributed by atoms with Crippen LogP contribution in [0.2, 0.25) is 0 Å². The van der Waals surface area contributed by atoms with Crippen LogP contribution in [0.3, 0.4) is 0 Å². The van der Waals surface area contributed by atoms with Crippen molar-refractivity contribution in [3.63, 3.8) is 0 Å². The fraction of sp³-hybridized carbons (Fsp3) is 0.625. The molecule has 0 aromatic carbocycles. The van der Waals surface area contributed by atoms with Crippen molar-refractivity contribution in [1.29, 1.82) is 0 Å². The zero-order chi connectivity index (χ0) is 9.45. The van der Waals surface area contributed by atoms with Crippen LogP contribution >= 0.6 is 11.8 Å². The van der Waals surface area contributed by atoms with E-state index in [1.807, 2.05) is 0 Å². The number of halogens is 3. The predicted molar refractivity (Wildman–Crippen MR) is 45.7 cm³/mol. The molecule has 0 saturated carbocycles. The van der Waals surface area contributed by atoms with Gasteiger partial charge in [0.2, 0.25) is 0 Å². The predicted octanol–water partition coefficient (Wildman–Crippen LogP) is 2.90. The van der Waals surface area contributed by atoms with Crippen molar-refractivity contribution in [3.8, 4) is 11.8 Å². The Morgan fingerprint density at radius 1 is 1.33 bits per heavy atom. The van der Waals surface area contributed by atoms with Crippen molar-refractivity contribution in [2.45, 2.75) is 19.0 Å². The van der Waals surface area contributed by atoms with Gasteiger partial charge in [-0.05, 0) is 24.9 Å². The molecule has 0 aromatic rings. The van der Waals surface area contributed by atoms with Crippen LogP contribution in [0, 0.1) is 18.8 Å². The van der Waals surface area contributed by atoms with Crippen LogP contribution in [0.5, 0.6) is 0 Å². The third kappa shape index (κ3) is 9.70. The zero-order valence-electron chi connectivity index (χ0n) is 6.58. The van der Waals surface area contributed by atoms with Gasteiger partial charge in [-0.2, -0.15) is 24.9 Å². The van der Waals surface area contributed by atoms with Crippen LogP contribution in [-0.2, 0) is 0 Å². The van der Waals surface area contributed by atoms with E-state index in [1.54, 1.807) is 11.8 Å². The molecule has 69 valence electrons. The minimum atomic E-state index is -4.33. The van der Waals surface area contributed by atoms with Crippen molar-refractivity contribution < 1.29 is 13.2 Å². The normalized spacial score (nSPS) is 10.7. The second kappa shape index (κ2) is 6.24. The highest BCUT2D eigenvalue weighted by Gasteiger charge is 2.22. The van der Waals surface area contributed by atoms with Crippen LogP contribution in [-0.4, -0.2) is 17.7 Å². The Balaban J connectivity index is 3.34. The van der Waals surface area contributed by atoms with Gasteiger partial charge in [-0.1, -0.05) is 5.92 Å². The average Bonchev–Trinajstić information content (AvgIpc) is 1.94. The molecule has 0 fully saturated rings. The fourth-order valence-electron chi connectivity index (χ4n) is 0.527. The van der Waals surface area contributed by atoms with Crippen LogP contribution in [0.4, 0.5) is 13.2 Å². The molecular formula is C8H10F3S. The van der Waals surface area contributed by atoms with Crippen molar-refractivity contribution in [2.75, 3.05) is 11.5 Å². The summed E-state index contributed by atoms with van der Waals surface area (Å²) in [6.07, 6.45) is -3.32. The molecule has 4 heteroatoms. The van der Waals surface area contributed by atoms with Gasteiger partial charge in [0.05, 0.1) is 0 Å². The van der Waals surface area contributed by atoms with Crippen molar-refractivity contribution in [1.82, 2.24) is 0 Å². The molecule has 0 rings (SSSR count). The Morgan fingerprint density at radius 2 is 2.00 bits per heavy atom. The molecule has 0 heterocycles. The fourth-order valence-corrected chi connectivity index (χ4v) is 1.08. The summed E-state index contributed by atoms with van der Waals surface area (Å²) in [5.74, 6) is 4.89. The number of hydrogen-bond donors (Lipinski definition) is 0. The molecule has 0 unspecified atom stereocenters. The lowest BCUT2D eigenvalue weighted by atomic mass is 10.3. The minimum Gasteiger partial charge on any atom is -0.162 e. The van der Waals surface area contributed by atoms with E-state index in [0.29, 0.717) is 12.8 Å². The molecule has 0 nitrogen and oxygen atoms in total. The lowest BCUT2D eigenvalue weighted by Crippen LogP contribution is -2.01. The second-order valence-corrected chi connectivity index (χ2v) is 3.24. The topological polar surface area (TPSA) is 0 Å². The maximum atomic E-state index is 11.4. The molecule has 0 saturated heterocycles. The summed E-state index contributed by atoms with van der Waals surface area (Å²) in [6.45, 7) is 3.59. The smallest absolute Gasteiger partial charge is 0.162 e. The molecule has 0 amide bonds. The quantitative estimate of drug-likeness (QED) is 0.491. The maximum Gasteiger partial charge on any atom is 0.457 e. The van der Waals surface area contributed by atoms with Crippen molar-refractivity contribution in [3.05, 3.63) is 6.92 Å². The van der Waals surface area contributed by atoms with Gasteiger partial charge in [0.1, 0.15) is 0 Å². The molecule has 12 heavy (non-hydrogen) atoms. The van der Waals surface area contributed by atoms with Gasteiger partial charge in [0.25, 0.3) is 0 Å². The molecule has 1 radical (unpaired) electrons. The second-order valence-electron chi connectivity index (χ2n) is 2.02. The number of alkyl halides is 3. The van der Waals surface area contributed by atoms with Crippen molar-refractivity contribution in [2.24, 2.45) is 0 Å². The molecule has 0 aliphatic carbocycles. The van der Waals surface area contributed by atoms with E-state index in [9.17, 15) is 13.2 Å². The SMILES string of the molecule is [CH2]CSCCCC#CC(F)(F)F. The third-order valence-corrected chi connectivity index (χ3v) is 1.83. The molecule has 0 aromatic heterocycles. The molecule has 0 aliphatic heterocycles. The van der Waals surface area contributed by atoms with Gasteiger partial charge < -0.3 is 0 Å². The monoisotopic (exact) mass is 195 g/mol. The van der Waals surface area contributed by atoms with Gasteiger partial charge in [-0.15, -0.1) is 0 Å². The van der Waals surface area contributed by atoms with E-state index in [4.69, 9.17) is 0 Å². The largest absolute Gasteiger partial charge is 0.457 e. The summed E-state index contributed by atoms with van der Waals surface area (Å²) in [4.78, 5) is 0. The van der Waals surface area contributed by atoms with Crippen LogP contribution in [0.1, 0.15) is 12.8 Å². The first-order valence-corrected chi connectivity index (χ1v) is 4.65. The van der Waals surface area contributed by atoms with Gasteiger partial charge in [-0.3, -0.25) is 0 Å². The van der Waals surface area contributed by atoms with Crippen LogP contribution in [0.25, 0.3) is 0 Å². The minimum absolute atomic E-state index is 0.312. The van der Waals surface area contributed by atoms with E-state index < -0.39 is 6.18 Å². The number of thioether (sulfide) groups is 1. The third-order valence-electron chi connectivity index (χ3n) is 0.965. The summed E-state index contributed by atoms with van der Waals surface area (Å²) in [6, 6.07) is 0. The van der Waals surface area contributed by atoms with E-state index in [0.717, 1.165) is 11.5 Å². The van der Waals surface area contributed by atoms with Gasteiger partial charge in [0, 0.05) is 12.3 Å². The van der Waals surface area contributed by atoms with Crippen molar-refractivity contribution >= 4 is 11.8 Å². The summed E-state index contributed by atoms with van der Waals surface area (Å²) in [7, 11) is 0. The standard InChI is InChI=1S/C8H10F3S/c1-2-12-7-5-3-4-6-8(9,10)11/h1-3,5,7H2. The van der Waals surface area contributed by atoms with Gasteiger partial charge >= 0.3 is 6.18 Å². The molecule has 0 N–H and O–H groups in total. The van der Waals surface area contributed by atoms with E-state index in [-0.39, 0.29) is 0 Å². The van der Waals surface area contributed by atoms with Gasteiger partial charge in [0.15, 0.2) is 0 Å². The average molecular weight is 195 g/mol. The highest BCUT2D eigenvalue weighted by Crippen LogP contribution is 2.12. The van der Waals surface area contributed by atoms with Crippen LogP contribution in [0.15, 0.2) is 0 Å². The summed E-state index contributed by atoms with van der Waals surface area (Å²) >= 11 is 1.61. The first-order valence-electron chi connectivity index (χ1n) is 3.50. The Bertz CT molecular complexity index is 163. The highest BCUT2D eigenvalue weighted by molar-refractivity contribution is 7.99. The van der Waals surface area contributed by atoms with Crippen LogP contribution < -0.4 is 0 Å². The zero-order valence-corrected chi connectivity index (χ0v) is 7.39. The first-order chi connectivity index (χ1) is 5.56. The Kier molecular flexibility index (Phi) is 6.09. The number of hydrogen-bond acceptors (Lipinski definition) is 1. The van der Waals surface area contributed by atoms with E-state index in [1.165, 1.54) is 5.92 Å². The molecule has 0 spiro atoms. The maximum absolute atomic E-state index is 11.4. The Hall–Kier alpha value is -0.300. The first kappa shape index (κ1) is 11.7. The Morgan fingerprint density at radius 3 is 2.50 bits per heavy atom. The Labute approximate surface area is 74.9 Å².